The van der Waals surface area contributed by atoms with Gasteiger partial charge in [-0.2, -0.15) is 0 Å². The van der Waals surface area contributed by atoms with Crippen LogP contribution in [-0.2, 0) is 0 Å². The van der Waals surface area contributed by atoms with Gasteiger partial charge in [0.05, 0.1) is 0 Å². The fourth-order valence-electron chi connectivity index (χ4n) is 1.25. The zero-order chi connectivity index (χ0) is 7.23. The van der Waals surface area contributed by atoms with Gasteiger partial charge in [0.15, 0.2) is 0 Å². The first-order valence-electron chi connectivity index (χ1n) is 4.03. The standard InChI is InChI=1S/C8H16N2/c1-2-6-9-10-7-4-3-5-8-10/h2,9H,1,3-8H2. The lowest BCUT2D eigenvalue weighted by Crippen LogP contribution is -2.41. The average molecular weight is 140 g/mol. The molecule has 1 aliphatic rings. The van der Waals surface area contributed by atoms with Gasteiger partial charge in [-0.1, -0.05) is 12.5 Å². The van der Waals surface area contributed by atoms with E-state index in [4.69, 9.17) is 0 Å². The Kier molecular flexibility index (Phi) is 3.47. The van der Waals surface area contributed by atoms with Gasteiger partial charge in [-0.25, -0.2) is 5.01 Å². The second-order valence-corrected chi connectivity index (χ2v) is 2.70. The summed E-state index contributed by atoms with van der Waals surface area (Å²) in [7, 11) is 0. The van der Waals surface area contributed by atoms with Crippen molar-refractivity contribution < 1.29 is 0 Å². The monoisotopic (exact) mass is 140 g/mol. The summed E-state index contributed by atoms with van der Waals surface area (Å²) in [6.07, 6.45) is 5.97. The normalized spacial score (nSPS) is 20.8. The molecule has 0 amide bonds. The number of nitrogens with zero attached hydrogens (tertiary/aromatic N) is 1. The molecule has 0 aromatic heterocycles. The van der Waals surface area contributed by atoms with Crippen LogP contribution < -0.4 is 5.43 Å². The van der Waals surface area contributed by atoms with Gasteiger partial charge in [0.25, 0.3) is 0 Å². The molecular weight excluding hydrogens is 124 g/mol. The molecule has 0 atom stereocenters. The van der Waals surface area contributed by atoms with Crippen molar-refractivity contribution in [2.45, 2.75) is 19.3 Å². The highest BCUT2D eigenvalue weighted by Gasteiger charge is 2.07. The van der Waals surface area contributed by atoms with E-state index in [0.29, 0.717) is 0 Å². The molecule has 0 spiro atoms. The van der Waals surface area contributed by atoms with Crippen molar-refractivity contribution in [3.63, 3.8) is 0 Å². The molecule has 0 saturated carbocycles. The molecule has 0 unspecified atom stereocenters. The molecule has 2 nitrogen and oxygen atoms in total. The third kappa shape index (κ3) is 2.50. The molecule has 0 aromatic carbocycles. The summed E-state index contributed by atoms with van der Waals surface area (Å²) in [5, 5.41) is 2.28. The Balaban J connectivity index is 2.07. The van der Waals surface area contributed by atoms with Crippen molar-refractivity contribution in [2.75, 3.05) is 19.6 Å². The molecule has 1 fully saturated rings. The first-order chi connectivity index (χ1) is 4.93. The summed E-state index contributed by atoms with van der Waals surface area (Å²) in [5.74, 6) is 0. The highest BCUT2D eigenvalue weighted by atomic mass is 15.5. The van der Waals surface area contributed by atoms with Crippen LogP contribution in [0.3, 0.4) is 0 Å². The van der Waals surface area contributed by atoms with E-state index in [1.807, 2.05) is 6.08 Å². The van der Waals surface area contributed by atoms with Crippen molar-refractivity contribution in [3.05, 3.63) is 12.7 Å². The minimum atomic E-state index is 0.903. The fourth-order valence-corrected chi connectivity index (χ4v) is 1.25. The largest absolute Gasteiger partial charge is 0.251 e. The van der Waals surface area contributed by atoms with E-state index in [0.717, 1.165) is 6.54 Å². The van der Waals surface area contributed by atoms with E-state index in [1.54, 1.807) is 0 Å². The van der Waals surface area contributed by atoms with Gasteiger partial charge in [0.1, 0.15) is 0 Å². The molecule has 1 aliphatic heterocycles. The predicted molar refractivity (Wildman–Crippen MR) is 43.6 cm³/mol. The molecule has 0 aliphatic carbocycles. The molecule has 0 radical (unpaired) electrons. The van der Waals surface area contributed by atoms with Crippen molar-refractivity contribution in [1.29, 1.82) is 0 Å². The summed E-state index contributed by atoms with van der Waals surface area (Å²) in [5.41, 5.74) is 3.29. The van der Waals surface area contributed by atoms with Crippen LogP contribution in [0.1, 0.15) is 19.3 Å². The number of hydrazine groups is 1. The summed E-state index contributed by atoms with van der Waals surface area (Å²) < 4.78 is 0. The Labute approximate surface area is 62.9 Å². The second-order valence-electron chi connectivity index (χ2n) is 2.70. The smallest absolute Gasteiger partial charge is 0.0280 e. The minimum absolute atomic E-state index is 0.903. The maximum absolute atomic E-state index is 3.66. The van der Waals surface area contributed by atoms with Crippen LogP contribution in [0.15, 0.2) is 12.7 Å². The van der Waals surface area contributed by atoms with Crippen molar-refractivity contribution in [1.82, 2.24) is 10.4 Å². The third-order valence-electron chi connectivity index (χ3n) is 1.82. The van der Waals surface area contributed by atoms with Crippen molar-refractivity contribution in [2.24, 2.45) is 0 Å². The lowest BCUT2D eigenvalue weighted by atomic mass is 10.2. The molecule has 1 rings (SSSR count). The molecule has 10 heavy (non-hydrogen) atoms. The van der Waals surface area contributed by atoms with Gasteiger partial charge in [-0.3, -0.25) is 5.43 Å². The highest BCUT2D eigenvalue weighted by Crippen LogP contribution is 2.05. The third-order valence-corrected chi connectivity index (χ3v) is 1.82. The Morgan fingerprint density at radius 3 is 2.60 bits per heavy atom. The summed E-state index contributed by atoms with van der Waals surface area (Å²) >= 11 is 0. The summed E-state index contributed by atoms with van der Waals surface area (Å²) in [6, 6.07) is 0. The lowest BCUT2D eigenvalue weighted by Gasteiger charge is -2.26. The number of piperidine rings is 1. The van der Waals surface area contributed by atoms with Gasteiger partial charge >= 0.3 is 0 Å². The van der Waals surface area contributed by atoms with Gasteiger partial charge in [0, 0.05) is 19.6 Å². The van der Waals surface area contributed by atoms with Gasteiger partial charge < -0.3 is 0 Å². The molecule has 58 valence electrons. The van der Waals surface area contributed by atoms with Gasteiger partial charge in [-0.05, 0) is 12.8 Å². The number of hydrogen-bond acceptors (Lipinski definition) is 2. The molecule has 0 bridgehead atoms. The van der Waals surface area contributed by atoms with Crippen LogP contribution in [0.2, 0.25) is 0 Å². The maximum Gasteiger partial charge on any atom is 0.0280 e. The molecule has 1 heterocycles. The molecular formula is C8H16N2. The fraction of sp³-hybridized carbons (Fsp3) is 0.750. The lowest BCUT2D eigenvalue weighted by molar-refractivity contribution is 0.162. The molecule has 1 N–H and O–H groups in total. The van der Waals surface area contributed by atoms with Gasteiger partial charge in [-0.15, -0.1) is 6.58 Å². The Morgan fingerprint density at radius 1 is 1.30 bits per heavy atom. The van der Waals surface area contributed by atoms with E-state index in [9.17, 15) is 0 Å². The average Bonchev–Trinajstić information content (AvgIpc) is 2.03. The van der Waals surface area contributed by atoms with Crippen molar-refractivity contribution in [3.8, 4) is 0 Å². The van der Waals surface area contributed by atoms with Crippen LogP contribution in [0.5, 0.6) is 0 Å². The quantitative estimate of drug-likeness (QED) is 0.592. The highest BCUT2D eigenvalue weighted by molar-refractivity contribution is 4.70. The van der Waals surface area contributed by atoms with Crippen molar-refractivity contribution >= 4 is 0 Å². The van der Waals surface area contributed by atoms with Crippen LogP contribution in [-0.4, -0.2) is 24.6 Å². The van der Waals surface area contributed by atoms with Crippen LogP contribution in [0, 0.1) is 0 Å². The first-order valence-corrected chi connectivity index (χ1v) is 4.03. The molecule has 1 saturated heterocycles. The Bertz CT molecular complexity index is 95.4. The van der Waals surface area contributed by atoms with E-state index in [-0.39, 0.29) is 0 Å². The predicted octanol–water partition coefficient (Wildman–Crippen LogP) is 1.16. The van der Waals surface area contributed by atoms with E-state index < -0.39 is 0 Å². The molecule has 0 aromatic rings. The van der Waals surface area contributed by atoms with E-state index in [1.165, 1.54) is 32.4 Å². The van der Waals surface area contributed by atoms with E-state index in [2.05, 4.69) is 17.0 Å². The number of nitrogens with one attached hydrogen (secondary N) is 1. The summed E-state index contributed by atoms with van der Waals surface area (Å²) in [6.45, 7) is 6.96. The SMILES string of the molecule is C=CCNN1CCCCC1. The number of hydrogen-bond donors (Lipinski definition) is 1. The maximum atomic E-state index is 3.66. The topological polar surface area (TPSA) is 15.3 Å². The van der Waals surface area contributed by atoms with Gasteiger partial charge in [0.2, 0.25) is 0 Å². The van der Waals surface area contributed by atoms with Crippen LogP contribution >= 0.6 is 0 Å². The summed E-state index contributed by atoms with van der Waals surface area (Å²) in [4.78, 5) is 0. The Hall–Kier alpha value is -0.340. The zero-order valence-corrected chi connectivity index (χ0v) is 6.47. The number of rotatable bonds is 3. The Morgan fingerprint density at radius 2 is 2.00 bits per heavy atom. The molecule has 2 heteroatoms. The minimum Gasteiger partial charge on any atom is -0.251 e. The van der Waals surface area contributed by atoms with Crippen LogP contribution in [0.25, 0.3) is 0 Å². The first kappa shape index (κ1) is 7.76. The second kappa shape index (κ2) is 4.47. The zero-order valence-electron chi connectivity index (χ0n) is 6.47. The van der Waals surface area contributed by atoms with Crippen LogP contribution in [0.4, 0.5) is 0 Å². The van der Waals surface area contributed by atoms with E-state index >= 15 is 0 Å².